The van der Waals surface area contributed by atoms with Gasteiger partial charge in [0.15, 0.2) is 5.96 Å². The minimum Gasteiger partial charge on any atom is -0.356 e. The molecule has 172 valence electrons. The number of nitrogens with one attached hydrogen (secondary N) is 2. The maximum absolute atomic E-state index is 4.79. The van der Waals surface area contributed by atoms with Crippen molar-refractivity contribution in [3.8, 4) is 5.69 Å². The molecule has 0 saturated heterocycles. The lowest BCUT2D eigenvalue weighted by atomic mass is 9.90. The maximum atomic E-state index is 4.79. The van der Waals surface area contributed by atoms with Gasteiger partial charge >= 0.3 is 0 Å². The number of guanidine groups is 1. The van der Waals surface area contributed by atoms with E-state index in [1.54, 1.807) is 0 Å². The van der Waals surface area contributed by atoms with E-state index >= 15 is 0 Å². The minimum absolute atomic E-state index is 0.325. The number of aromatic nitrogens is 4. The van der Waals surface area contributed by atoms with Gasteiger partial charge in [0.1, 0.15) is 0 Å². The smallest absolute Gasteiger partial charge is 0.191 e. The molecule has 1 atom stereocenters. The van der Waals surface area contributed by atoms with Gasteiger partial charge in [-0.1, -0.05) is 29.5 Å². The first kappa shape index (κ1) is 21.6. The van der Waals surface area contributed by atoms with Gasteiger partial charge in [0.2, 0.25) is 0 Å². The molecule has 1 aliphatic heterocycles. The van der Waals surface area contributed by atoms with Crippen LogP contribution in [-0.4, -0.2) is 57.0 Å². The normalized spacial score (nSPS) is 17.5. The van der Waals surface area contributed by atoms with Crippen LogP contribution >= 0.6 is 0 Å². The molecule has 0 saturated carbocycles. The molecule has 33 heavy (non-hydrogen) atoms. The second kappa shape index (κ2) is 10.6. The third kappa shape index (κ3) is 5.39. The van der Waals surface area contributed by atoms with Crippen LogP contribution in [0.15, 0.2) is 59.9 Å². The molecule has 5 rings (SSSR count). The Balaban J connectivity index is 1.27. The summed E-state index contributed by atoms with van der Waals surface area (Å²) >= 11 is 0. The largest absolute Gasteiger partial charge is 0.356 e. The van der Waals surface area contributed by atoms with Gasteiger partial charge in [0.25, 0.3) is 0 Å². The number of unbranched alkanes of at least 4 members (excludes halogenated alkanes) is 1. The molecule has 0 fully saturated rings. The SMILES string of the molecule is c1ccc(-n2cc(CN(CCCCNC3=NCCN3)C3CCCc4cccnc43)nn2)cc1. The molecule has 0 bridgehead atoms. The van der Waals surface area contributed by atoms with Gasteiger partial charge in [0.05, 0.1) is 35.9 Å². The molecular formula is C25H32N8. The minimum atomic E-state index is 0.325. The number of benzene rings is 1. The molecule has 2 aliphatic rings. The third-order valence-corrected chi connectivity index (χ3v) is 6.37. The molecule has 0 radical (unpaired) electrons. The van der Waals surface area contributed by atoms with Gasteiger partial charge in [-0.3, -0.25) is 14.9 Å². The molecule has 1 aliphatic carbocycles. The predicted molar refractivity (Wildman–Crippen MR) is 129 cm³/mol. The Bertz CT molecular complexity index is 1060. The Morgan fingerprint density at radius 2 is 2.06 bits per heavy atom. The van der Waals surface area contributed by atoms with Gasteiger partial charge < -0.3 is 10.6 Å². The Morgan fingerprint density at radius 3 is 2.94 bits per heavy atom. The highest BCUT2D eigenvalue weighted by Crippen LogP contribution is 2.33. The summed E-state index contributed by atoms with van der Waals surface area (Å²) in [6.07, 6.45) is 9.63. The molecule has 8 nitrogen and oxygen atoms in total. The highest BCUT2D eigenvalue weighted by atomic mass is 15.4. The van der Waals surface area contributed by atoms with Crippen molar-refractivity contribution < 1.29 is 0 Å². The number of aliphatic imine (C=N–C) groups is 1. The summed E-state index contributed by atoms with van der Waals surface area (Å²) in [7, 11) is 0. The Morgan fingerprint density at radius 1 is 1.12 bits per heavy atom. The average Bonchev–Trinajstić information content (AvgIpc) is 3.56. The molecular weight excluding hydrogens is 412 g/mol. The van der Waals surface area contributed by atoms with Gasteiger partial charge in [-0.05, 0) is 62.4 Å². The summed E-state index contributed by atoms with van der Waals surface area (Å²) in [6.45, 7) is 4.51. The van der Waals surface area contributed by atoms with Crippen LogP contribution in [0, 0.1) is 0 Å². The highest BCUT2D eigenvalue weighted by Gasteiger charge is 2.27. The number of para-hydroxylation sites is 1. The molecule has 2 N–H and O–H groups in total. The monoisotopic (exact) mass is 444 g/mol. The van der Waals surface area contributed by atoms with Crippen molar-refractivity contribution in [2.75, 3.05) is 26.2 Å². The standard InChI is InChI=1S/C25H32N8/c1-2-10-22(11-3-1)33-19-21(30-31-33)18-32(17-5-4-13-27-25-28-15-16-29-25)23-12-6-8-20-9-7-14-26-24(20)23/h1-3,7,9-11,14,19,23H,4-6,8,12-13,15-18H2,(H2,27,28,29). The van der Waals surface area contributed by atoms with Gasteiger partial charge in [-0.15, -0.1) is 5.10 Å². The number of fused-ring (bicyclic) bond motifs is 1. The Kier molecular flexibility index (Phi) is 6.91. The first-order valence-electron chi connectivity index (χ1n) is 12.0. The number of aryl methyl sites for hydroxylation is 1. The zero-order valence-corrected chi connectivity index (χ0v) is 19.0. The van der Waals surface area contributed by atoms with Crippen molar-refractivity contribution in [1.29, 1.82) is 0 Å². The summed E-state index contributed by atoms with van der Waals surface area (Å²) in [5.41, 5.74) is 4.65. The van der Waals surface area contributed by atoms with Crippen molar-refractivity contribution >= 4 is 5.96 Å². The Labute approximate surface area is 195 Å². The number of rotatable bonds is 9. The summed E-state index contributed by atoms with van der Waals surface area (Å²) in [6, 6.07) is 14.8. The van der Waals surface area contributed by atoms with E-state index in [0.717, 1.165) is 75.7 Å². The van der Waals surface area contributed by atoms with E-state index in [9.17, 15) is 0 Å². The fourth-order valence-corrected chi connectivity index (χ4v) is 4.73. The first-order chi connectivity index (χ1) is 16.4. The zero-order valence-electron chi connectivity index (χ0n) is 19.0. The zero-order chi connectivity index (χ0) is 22.3. The van der Waals surface area contributed by atoms with Crippen LogP contribution in [0.2, 0.25) is 0 Å². The number of hydrogen-bond acceptors (Lipinski definition) is 7. The molecule has 1 unspecified atom stereocenters. The molecule has 0 amide bonds. The van der Waals surface area contributed by atoms with Crippen LogP contribution in [0.5, 0.6) is 0 Å². The molecule has 1 aromatic carbocycles. The van der Waals surface area contributed by atoms with Crippen molar-refractivity contribution in [2.45, 2.75) is 44.7 Å². The van der Waals surface area contributed by atoms with Crippen LogP contribution in [0.3, 0.4) is 0 Å². The lowest BCUT2D eigenvalue weighted by Crippen LogP contribution is -2.35. The van der Waals surface area contributed by atoms with E-state index in [1.165, 1.54) is 17.7 Å². The van der Waals surface area contributed by atoms with Crippen LogP contribution < -0.4 is 10.6 Å². The lowest BCUT2D eigenvalue weighted by molar-refractivity contribution is 0.161. The van der Waals surface area contributed by atoms with Crippen molar-refractivity contribution in [3.63, 3.8) is 0 Å². The van der Waals surface area contributed by atoms with Crippen LogP contribution in [0.4, 0.5) is 0 Å². The first-order valence-corrected chi connectivity index (χ1v) is 12.0. The van der Waals surface area contributed by atoms with E-state index in [4.69, 9.17) is 4.98 Å². The van der Waals surface area contributed by atoms with Crippen molar-refractivity contribution in [1.82, 2.24) is 35.5 Å². The summed E-state index contributed by atoms with van der Waals surface area (Å²) in [5, 5.41) is 15.5. The summed E-state index contributed by atoms with van der Waals surface area (Å²) < 4.78 is 1.86. The number of hydrogen-bond donors (Lipinski definition) is 2. The summed E-state index contributed by atoms with van der Waals surface area (Å²) in [4.78, 5) is 11.8. The van der Waals surface area contributed by atoms with Crippen LogP contribution in [0.1, 0.15) is 48.7 Å². The van der Waals surface area contributed by atoms with E-state index < -0.39 is 0 Å². The molecule has 2 aromatic heterocycles. The van der Waals surface area contributed by atoms with Crippen molar-refractivity contribution in [3.05, 3.63) is 71.8 Å². The van der Waals surface area contributed by atoms with Crippen molar-refractivity contribution in [2.24, 2.45) is 4.99 Å². The second-order valence-corrected chi connectivity index (χ2v) is 8.71. The summed E-state index contributed by atoms with van der Waals surface area (Å²) in [5.74, 6) is 0.940. The molecule has 8 heteroatoms. The van der Waals surface area contributed by atoms with Crippen LogP contribution in [0.25, 0.3) is 5.69 Å². The fraction of sp³-hybridized carbons (Fsp3) is 0.440. The predicted octanol–water partition coefficient (Wildman–Crippen LogP) is 2.87. The quantitative estimate of drug-likeness (QED) is 0.494. The highest BCUT2D eigenvalue weighted by molar-refractivity contribution is 5.81. The Hall–Kier alpha value is -3.26. The second-order valence-electron chi connectivity index (χ2n) is 8.71. The van der Waals surface area contributed by atoms with E-state index in [1.807, 2.05) is 41.2 Å². The topological polar surface area (TPSA) is 83.3 Å². The lowest BCUT2D eigenvalue weighted by Gasteiger charge is -2.34. The molecule has 3 heterocycles. The van der Waals surface area contributed by atoms with E-state index in [2.05, 4.69) is 49.2 Å². The van der Waals surface area contributed by atoms with Gasteiger partial charge in [-0.2, -0.15) is 0 Å². The van der Waals surface area contributed by atoms with E-state index in [-0.39, 0.29) is 0 Å². The molecule has 0 spiro atoms. The third-order valence-electron chi connectivity index (χ3n) is 6.37. The van der Waals surface area contributed by atoms with Gasteiger partial charge in [-0.25, -0.2) is 4.68 Å². The average molecular weight is 445 g/mol. The molecule has 3 aromatic rings. The van der Waals surface area contributed by atoms with Gasteiger partial charge in [0, 0.05) is 25.8 Å². The maximum Gasteiger partial charge on any atom is 0.191 e. The van der Waals surface area contributed by atoms with E-state index in [0.29, 0.717) is 6.04 Å². The van der Waals surface area contributed by atoms with Crippen LogP contribution in [-0.2, 0) is 13.0 Å². The number of pyridine rings is 1. The number of nitrogens with zero attached hydrogens (tertiary/aromatic N) is 6. The fourth-order valence-electron chi connectivity index (χ4n) is 4.73.